The Morgan fingerprint density at radius 1 is 1.35 bits per heavy atom. The standard InChI is InChI=1S/C16H16ClN3O2S/c1-3-6-20-15(21)13-5-4-11(17)8-14(13)18-16(20)23-9-12-7-10(2)22-19-12/h4-5,7-8H,3,6,9H2,1-2H3. The van der Waals surface area contributed by atoms with Gasteiger partial charge in [0.05, 0.1) is 16.6 Å². The van der Waals surface area contributed by atoms with Crippen LogP contribution in [0.4, 0.5) is 0 Å². The first-order valence-corrected chi connectivity index (χ1v) is 8.70. The van der Waals surface area contributed by atoms with Crippen LogP contribution in [0.15, 0.2) is 38.7 Å². The fraction of sp³-hybridized carbons (Fsp3) is 0.312. The molecule has 3 rings (SSSR count). The predicted octanol–water partition coefficient (Wildman–Crippen LogP) is 4.05. The SMILES string of the molecule is CCCn1c(SCc2cc(C)on2)nc2cc(Cl)ccc2c1=O. The molecule has 0 aliphatic carbocycles. The Morgan fingerprint density at radius 2 is 2.17 bits per heavy atom. The number of benzene rings is 1. The molecule has 120 valence electrons. The number of thioether (sulfide) groups is 1. The van der Waals surface area contributed by atoms with E-state index in [-0.39, 0.29) is 5.56 Å². The average molecular weight is 350 g/mol. The summed E-state index contributed by atoms with van der Waals surface area (Å²) in [5.41, 5.74) is 1.41. The maximum Gasteiger partial charge on any atom is 0.262 e. The monoisotopic (exact) mass is 349 g/mol. The molecule has 23 heavy (non-hydrogen) atoms. The van der Waals surface area contributed by atoms with Crippen molar-refractivity contribution in [1.29, 1.82) is 0 Å². The van der Waals surface area contributed by atoms with E-state index in [9.17, 15) is 4.79 Å². The van der Waals surface area contributed by atoms with Gasteiger partial charge in [-0.1, -0.05) is 35.4 Å². The van der Waals surface area contributed by atoms with Crippen molar-refractivity contribution < 1.29 is 4.52 Å². The van der Waals surface area contributed by atoms with Crippen molar-refractivity contribution in [3.8, 4) is 0 Å². The van der Waals surface area contributed by atoms with Crippen molar-refractivity contribution in [2.24, 2.45) is 0 Å². The molecule has 0 bridgehead atoms. The van der Waals surface area contributed by atoms with E-state index >= 15 is 0 Å². The van der Waals surface area contributed by atoms with Crippen molar-refractivity contribution in [2.75, 3.05) is 0 Å². The minimum Gasteiger partial charge on any atom is -0.361 e. The fourth-order valence-electron chi connectivity index (χ4n) is 2.33. The highest BCUT2D eigenvalue weighted by molar-refractivity contribution is 7.98. The molecule has 0 atom stereocenters. The molecule has 0 aliphatic heterocycles. The van der Waals surface area contributed by atoms with Gasteiger partial charge in [-0.05, 0) is 31.5 Å². The van der Waals surface area contributed by atoms with Crippen LogP contribution in [0, 0.1) is 6.92 Å². The Labute approximate surface area is 142 Å². The second-order valence-corrected chi connectivity index (χ2v) is 6.61. The number of rotatable bonds is 5. The molecular formula is C16H16ClN3O2S. The third kappa shape index (κ3) is 3.43. The lowest BCUT2D eigenvalue weighted by molar-refractivity contribution is 0.393. The van der Waals surface area contributed by atoms with Crippen molar-refractivity contribution in [2.45, 2.75) is 37.7 Å². The van der Waals surface area contributed by atoms with Crippen LogP contribution in [0.1, 0.15) is 24.8 Å². The van der Waals surface area contributed by atoms with E-state index in [4.69, 9.17) is 16.1 Å². The van der Waals surface area contributed by atoms with Gasteiger partial charge in [0, 0.05) is 23.4 Å². The molecule has 5 nitrogen and oxygen atoms in total. The highest BCUT2D eigenvalue weighted by atomic mass is 35.5. The first-order chi connectivity index (χ1) is 11.1. The van der Waals surface area contributed by atoms with Crippen LogP contribution in [-0.4, -0.2) is 14.7 Å². The van der Waals surface area contributed by atoms with Gasteiger partial charge in [-0.15, -0.1) is 0 Å². The van der Waals surface area contributed by atoms with Crippen LogP contribution < -0.4 is 5.56 Å². The number of nitrogens with zero attached hydrogens (tertiary/aromatic N) is 3. The Hall–Kier alpha value is -1.79. The number of hydrogen-bond acceptors (Lipinski definition) is 5. The largest absolute Gasteiger partial charge is 0.361 e. The molecule has 0 fully saturated rings. The number of aromatic nitrogens is 3. The molecule has 3 aromatic rings. The van der Waals surface area contributed by atoms with Crippen LogP contribution in [-0.2, 0) is 12.3 Å². The van der Waals surface area contributed by atoms with E-state index in [0.29, 0.717) is 33.4 Å². The van der Waals surface area contributed by atoms with Gasteiger partial charge in [0.25, 0.3) is 5.56 Å². The van der Waals surface area contributed by atoms with E-state index in [1.54, 1.807) is 22.8 Å². The van der Waals surface area contributed by atoms with Crippen LogP contribution in [0.5, 0.6) is 0 Å². The first kappa shape index (κ1) is 16.1. The molecule has 0 saturated carbocycles. The molecule has 0 saturated heterocycles. The summed E-state index contributed by atoms with van der Waals surface area (Å²) in [6, 6.07) is 7.05. The zero-order chi connectivity index (χ0) is 16.4. The first-order valence-electron chi connectivity index (χ1n) is 7.33. The second-order valence-electron chi connectivity index (χ2n) is 5.23. The Morgan fingerprint density at radius 3 is 2.87 bits per heavy atom. The quantitative estimate of drug-likeness (QED) is 0.513. The normalized spacial score (nSPS) is 11.3. The van der Waals surface area contributed by atoms with Gasteiger partial charge in [-0.2, -0.15) is 0 Å². The minimum atomic E-state index is -0.0349. The fourth-order valence-corrected chi connectivity index (χ4v) is 3.40. The number of aryl methyl sites for hydroxylation is 1. The van der Waals surface area contributed by atoms with Gasteiger partial charge in [-0.3, -0.25) is 9.36 Å². The number of hydrogen-bond donors (Lipinski definition) is 0. The van der Waals surface area contributed by atoms with Crippen LogP contribution in [0.25, 0.3) is 10.9 Å². The maximum absolute atomic E-state index is 12.7. The highest BCUT2D eigenvalue weighted by Gasteiger charge is 2.12. The molecule has 7 heteroatoms. The summed E-state index contributed by atoms with van der Waals surface area (Å²) >= 11 is 7.50. The molecule has 0 N–H and O–H groups in total. The van der Waals surface area contributed by atoms with Gasteiger partial charge >= 0.3 is 0 Å². The second kappa shape index (κ2) is 6.76. The van der Waals surface area contributed by atoms with Crippen LogP contribution in [0.2, 0.25) is 5.02 Å². The van der Waals surface area contributed by atoms with E-state index in [1.165, 1.54) is 11.8 Å². The van der Waals surface area contributed by atoms with Crippen molar-refractivity contribution in [1.82, 2.24) is 14.7 Å². The zero-order valence-electron chi connectivity index (χ0n) is 12.9. The summed E-state index contributed by atoms with van der Waals surface area (Å²) in [5, 5.41) is 5.80. The third-order valence-electron chi connectivity index (χ3n) is 3.36. The summed E-state index contributed by atoms with van der Waals surface area (Å²) in [6.07, 6.45) is 0.858. The molecule has 0 unspecified atom stereocenters. The lowest BCUT2D eigenvalue weighted by atomic mass is 10.2. The van der Waals surface area contributed by atoms with E-state index in [2.05, 4.69) is 10.1 Å². The van der Waals surface area contributed by atoms with Gasteiger partial charge in [0.2, 0.25) is 0 Å². The molecule has 0 amide bonds. The average Bonchev–Trinajstić information content (AvgIpc) is 2.94. The third-order valence-corrected chi connectivity index (χ3v) is 4.60. The summed E-state index contributed by atoms with van der Waals surface area (Å²) in [7, 11) is 0. The number of halogens is 1. The van der Waals surface area contributed by atoms with Gasteiger partial charge in [0.15, 0.2) is 5.16 Å². The lowest BCUT2D eigenvalue weighted by Crippen LogP contribution is -2.23. The molecule has 2 aromatic heterocycles. The highest BCUT2D eigenvalue weighted by Crippen LogP contribution is 2.23. The molecule has 0 radical (unpaired) electrons. The van der Waals surface area contributed by atoms with E-state index in [0.717, 1.165) is 17.9 Å². The Kier molecular flexibility index (Phi) is 4.73. The molecule has 0 spiro atoms. The minimum absolute atomic E-state index is 0.0349. The predicted molar refractivity (Wildman–Crippen MR) is 92.1 cm³/mol. The Balaban J connectivity index is 2.02. The topological polar surface area (TPSA) is 60.9 Å². The molecule has 1 aromatic carbocycles. The van der Waals surface area contributed by atoms with Crippen molar-refractivity contribution >= 4 is 34.3 Å². The molecule has 0 aliphatic rings. The molecule has 2 heterocycles. The zero-order valence-corrected chi connectivity index (χ0v) is 14.4. The van der Waals surface area contributed by atoms with Crippen LogP contribution in [0.3, 0.4) is 0 Å². The summed E-state index contributed by atoms with van der Waals surface area (Å²) < 4.78 is 6.79. The number of fused-ring (bicyclic) bond motifs is 1. The summed E-state index contributed by atoms with van der Waals surface area (Å²) in [6.45, 7) is 4.52. The molecular weight excluding hydrogens is 334 g/mol. The smallest absolute Gasteiger partial charge is 0.262 e. The van der Waals surface area contributed by atoms with Crippen LogP contribution >= 0.6 is 23.4 Å². The van der Waals surface area contributed by atoms with E-state index in [1.807, 2.05) is 19.9 Å². The maximum atomic E-state index is 12.7. The van der Waals surface area contributed by atoms with Gasteiger partial charge < -0.3 is 4.52 Å². The van der Waals surface area contributed by atoms with Crippen molar-refractivity contribution in [3.05, 3.63) is 51.1 Å². The summed E-state index contributed by atoms with van der Waals surface area (Å²) in [4.78, 5) is 17.3. The van der Waals surface area contributed by atoms with E-state index < -0.39 is 0 Å². The van der Waals surface area contributed by atoms with Crippen molar-refractivity contribution in [3.63, 3.8) is 0 Å². The van der Waals surface area contributed by atoms with Gasteiger partial charge in [0.1, 0.15) is 5.76 Å². The van der Waals surface area contributed by atoms with Gasteiger partial charge in [-0.25, -0.2) is 4.98 Å². The summed E-state index contributed by atoms with van der Waals surface area (Å²) in [5.74, 6) is 1.37. The lowest BCUT2D eigenvalue weighted by Gasteiger charge is -2.11. The Bertz CT molecular complexity index is 904.